The van der Waals surface area contributed by atoms with Crippen LogP contribution >= 0.6 is 11.3 Å². The Morgan fingerprint density at radius 3 is 2.69 bits per heavy atom. The number of aliphatic hydroxyl groups is 1. The molecular formula is C29H32N4O7S2. The van der Waals surface area contributed by atoms with Crippen LogP contribution < -0.4 is 10.1 Å². The van der Waals surface area contributed by atoms with E-state index in [1.54, 1.807) is 29.5 Å². The van der Waals surface area contributed by atoms with Gasteiger partial charge in [-0.15, -0.1) is 11.3 Å². The fourth-order valence-electron chi connectivity index (χ4n) is 4.61. The molecule has 0 saturated carbocycles. The molecule has 3 heterocycles. The van der Waals surface area contributed by atoms with Crippen LogP contribution in [0.2, 0.25) is 0 Å². The normalized spacial score (nSPS) is 17.2. The quantitative estimate of drug-likeness (QED) is 0.209. The molecule has 222 valence electrons. The van der Waals surface area contributed by atoms with E-state index < -0.39 is 22.2 Å². The Bertz CT molecular complexity index is 1590. The number of H-pyrrole nitrogens is 1. The molecule has 2 aromatic heterocycles. The molecule has 0 bridgehead atoms. The van der Waals surface area contributed by atoms with E-state index in [9.17, 15) is 18.3 Å². The Labute approximate surface area is 247 Å². The van der Waals surface area contributed by atoms with E-state index in [-0.39, 0.29) is 49.4 Å². The minimum Gasteiger partial charge on any atom is -0.497 e. The fraction of sp³-hybridized carbons (Fsp3) is 0.310. The number of fused-ring (bicyclic) bond motifs is 1. The lowest BCUT2D eigenvalue weighted by atomic mass is 9.99. The Morgan fingerprint density at radius 1 is 1.17 bits per heavy atom. The van der Waals surface area contributed by atoms with E-state index in [4.69, 9.17) is 14.2 Å². The first-order valence-corrected chi connectivity index (χ1v) is 15.7. The number of aliphatic hydroxyl groups excluding tert-OH is 1. The Balaban J connectivity index is 1.23. The predicted octanol–water partition coefficient (Wildman–Crippen LogP) is 3.36. The summed E-state index contributed by atoms with van der Waals surface area (Å²) in [6.07, 6.45) is 1.45. The number of benzene rings is 2. The lowest BCUT2D eigenvalue weighted by Gasteiger charge is -2.29. The van der Waals surface area contributed by atoms with Crippen LogP contribution in [0.25, 0.3) is 11.0 Å². The zero-order valence-electron chi connectivity index (χ0n) is 22.9. The van der Waals surface area contributed by atoms with Crippen molar-refractivity contribution in [1.29, 1.82) is 0 Å². The van der Waals surface area contributed by atoms with Crippen molar-refractivity contribution >= 4 is 38.3 Å². The molecule has 1 aliphatic heterocycles. The molecule has 0 aliphatic carbocycles. The monoisotopic (exact) mass is 612 g/mol. The summed E-state index contributed by atoms with van der Waals surface area (Å²) in [6.45, 7) is -0.298. The number of carbonyl (C=O) groups is 1. The lowest BCUT2D eigenvalue weighted by Crippen LogP contribution is -2.38. The number of hydrogen-bond donors (Lipinski definition) is 3. The van der Waals surface area contributed by atoms with Gasteiger partial charge >= 0.3 is 0 Å². The van der Waals surface area contributed by atoms with Gasteiger partial charge in [0.15, 0.2) is 5.76 Å². The zero-order valence-corrected chi connectivity index (χ0v) is 24.6. The van der Waals surface area contributed by atoms with Crippen LogP contribution in [-0.4, -0.2) is 73.4 Å². The smallest absolute Gasteiger partial charge is 0.286 e. The zero-order chi connectivity index (χ0) is 29.5. The molecule has 2 atom stereocenters. The summed E-state index contributed by atoms with van der Waals surface area (Å²) in [7, 11) is -2.39. The summed E-state index contributed by atoms with van der Waals surface area (Å²) in [5, 5.41) is 14.4. The number of sulfonamides is 1. The number of nitrogens with one attached hydrogen (secondary N) is 2. The van der Waals surface area contributed by atoms with E-state index in [0.717, 1.165) is 20.2 Å². The standard InChI is InChI=1S/C29H32N4O7S2/c1-38-21-8-10-22(11-9-21)42(36,37)33(12-14-34)13-15-39-28-18-20(26-7-4-16-41-26)17-25(40-28)29(35)30-19-27-31-23-5-2-3-6-24(23)32-27/h2-11,16-17,20,28,34H,12-15,18-19H2,1H3,(H,30,35)(H,31,32)/t20-,28+/m0/s1. The molecule has 5 rings (SSSR count). The highest BCUT2D eigenvalue weighted by atomic mass is 32.2. The van der Waals surface area contributed by atoms with Crippen molar-refractivity contribution in [2.24, 2.45) is 0 Å². The molecule has 0 fully saturated rings. The van der Waals surface area contributed by atoms with Crippen LogP contribution in [0.4, 0.5) is 0 Å². The van der Waals surface area contributed by atoms with Crippen LogP contribution in [0.5, 0.6) is 5.75 Å². The molecular weight excluding hydrogens is 580 g/mol. The van der Waals surface area contributed by atoms with Gasteiger partial charge < -0.3 is 29.6 Å². The second-order valence-electron chi connectivity index (χ2n) is 9.49. The van der Waals surface area contributed by atoms with Gasteiger partial charge in [-0.2, -0.15) is 4.31 Å². The number of allylic oxidation sites excluding steroid dienone is 1. The van der Waals surface area contributed by atoms with Crippen molar-refractivity contribution in [2.45, 2.75) is 30.1 Å². The van der Waals surface area contributed by atoms with Gasteiger partial charge in [-0.3, -0.25) is 4.79 Å². The number of imidazole rings is 1. The highest BCUT2D eigenvalue weighted by molar-refractivity contribution is 7.89. The number of methoxy groups -OCH3 is 1. The van der Waals surface area contributed by atoms with Gasteiger partial charge in [-0.25, -0.2) is 13.4 Å². The molecule has 0 saturated heterocycles. The van der Waals surface area contributed by atoms with Crippen LogP contribution in [0, 0.1) is 0 Å². The van der Waals surface area contributed by atoms with Gasteiger partial charge in [0.25, 0.3) is 5.91 Å². The number of carbonyl (C=O) groups excluding carboxylic acids is 1. The van der Waals surface area contributed by atoms with Crippen LogP contribution in [0.1, 0.15) is 23.0 Å². The fourth-order valence-corrected chi connectivity index (χ4v) is 6.83. The summed E-state index contributed by atoms with van der Waals surface area (Å²) in [5.41, 5.74) is 1.69. The van der Waals surface area contributed by atoms with Gasteiger partial charge in [0, 0.05) is 30.3 Å². The first kappa shape index (κ1) is 29.7. The minimum absolute atomic E-state index is 0.00883. The third-order valence-electron chi connectivity index (χ3n) is 6.74. The molecule has 2 aromatic carbocycles. The number of aromatic nitrogens is 2. The number of para-hydroxylation sites is 2. The molecule has 42 heavy (non-hydrogen) atoms. The second-order valence-corrected chi connectivity index (χ2v) is 12.4. The van der Waals surface area contributed by atoms with E-state index in [1.165, 1.54) is 19.2 Å². The average molecular weight is 613 g/mol. The molecule has 0 radical (unpaired) electrons. The van der Waals surface area contributed by atoms with Crippen molar-refractivity contribution in [1.82, 2.24) is 19.6 Å². The average Bonchev–Trinajstić information content (AvgIpc) is 3.70. The molecule has 11 nitrogen and oxygen atoms in total. The highest BCUT2D eigenvalue weighted by Crippen LogP contribution is 2.34. The maximum absolute atomic E-state index is 13.2. The Morgan fingerprint density at radius 2 is 1.98 bits per heavy atom. The van der Waals surface area contributed by atoms with Gasteiger partial charge in [0.2, 0.25) is 16.3 Å². The number of thiophene rings is 1. The van der Waals surface area contributed by atoms with Crippen LogP contribution in [0.3, 0.4) is 0 Å². The van der Waals surface area contributed by atoms with Crippen molar-refractivity contribution in [3.05, 3.63) is 88.6 Å². The van der Waals surface area contributed by atoms with E-state index in [1.807, 2.05) is 41.8 Å². The second kappa shape index (κ2) is 13.5. The molecule has 0 spiro atoms. The third kappa shape index (κ3) is 6.99. The van der Waals surface area contributed by atoms with E-state index >= 15 is 0 Å². The topological polar surface area (TPSA) is 143 Å². The molecule has 4 aromatic rings. The largest absolute Gasteiger partial charge is 0.497 e. The first-order valence-electron chi connectivity index (χ1n) is 13.4. The van der Waals surface area contributed by atoms with E-state index in [2.05, 4.69) is 15.3 Å². The van der Waals surface area contributed by atoms with Gasteiger partial charge in [0.1, 0.15) is 11.6 Å². The Hall–Kier alpha value is -3.75. The number of rotatable bonds is 13. The van der Waals surface area contributed by atoms with Crippen molar-refractivity contribution in [2.75, 3.05) is 33.4 Å². The van der Waals surface area contributed by atoms with Gasteiger partial charge in [-0.1, -0.05) is 18.2 Å². The van der Waals surface area contributed by atoms with Crippen molar-refractivity contribution in [3.8, 4) is 5.75 Å². The maximum atomic E-state index is 13.2. The Kier molecular flexibility index (Phi) is 9.55. The minimum atomic E-state index is -3.89. The summed E-state index contributed by atoms with van der Waals surface area (Å²) in [6, 6.07) is 17.6. The first-order chi connectivity index (χ1) is 20.4. The molecule has 3 N–H and O–H groups in total. The van der Waals surface area contributed by atoms with Crippen molar-refractivity contribution in [3.63, 3.8) is 0 Å². The number of nitrogens with zero attached hydrogens (tertiary/aromatic N) is 2. The van der Waals surface area contributed by atoms with Crippen molar-refractivity contribution < 1.29 is 32.5 Å². The molecule has 0 unspecified atom stereocenters. The summed E-state index contributed by atoms with van der Waals surface area (Å²) in [5.74, 6) is 0.747. The van der Waals surface area contributed by atoms with Gasteiger partial charge in [0.05, 0.1) is 42.8 Å². The van der Waals surface area contributed by atoms with E-state index in [0.29, 0.717) is 18.0 Å². The highest BCUT2D eigenvalue weighted by Gasteiger charge is 2.30. The summed E-state index contributed by atoms with van der Waals surface area (Å²) >= 11 is 1.57. The summed E-state index contributed by atoms with van der Waals surface area (Å²) in [4.78, 5) is 21.9. The summed E-state index contributed by atoms with van der Waals surface area (Å²) < 4.78 is 44.6. The van der Waals surface area contributed by atoms with Crippen LogP contribution in [-0.2, 0) is 30.8 Å². The van der Waals surface area contributed by atoms with Crippen LogP contribution in [0.15, 0.2) is 82.8 Å². The maximum Gasteiger partial charge on any atom is 0.286 e. The number of ether oxygens (including phenoxy) is 3. The lowest BCUT2D eigenvalue weighted by molar-refractivity contribution is -0.146. The third-order valence-corrected chi connectivity index (χ3v) is 9.65. The number of aromatic amines is 1. The molecule has 13 heteroatoms. The molecule has 1 aliphatic rings. The number of amides is 1. The van der Waals surface area contributed by atoms with Gasteiger partial charge in [-0.05, 0) is 53.9 Å². The SMILES string of the molecule is COc1ccc(S(=O)(=O)N(CCO)CCO[C@H]2C[C@@H](c3cccs3)C=C(C(=O)NCc3nc4ccccc4[nH]3)O2)cc1. The predicted molar refractivity (Wildman–Crippen MR) is 157 cm³/mol. The number of hydrogen-bond acceptors (Lipinski definition) is 9. The molecule has 1 amide bonds.